The van der Waals surface area contributed by atoms with E-state index in [1.807, 2.05) is 6.92 Å². The Morgan fingerprint density at radius 3 is 2.72 bits per heavy atom. The van der Waals surface area contributed by atoms with Crippen molar-refractivity contribution in [3.05, 3.63) is 35.4 Å². The first kappa shape index (κ1) is 19.6. The number of aliphatic imine (C=N–C) groups is 1. The van der Waals surface area contributed by atoms with Crippen molar-refractivity contribution in [1.29, 1.82) is 0 Å². The van der Waals surface area contributed by atoms with Gasteiger partial charge < -0.3 is 20.1 Å². The molecule has 1 fully saturated rings. The maximum atomic E-state index is 13.7. The highest BCUT2D eigenvalue weighted by molar-refractivity contribution is 5.79. The molecule has 0 atom stereocenters. The first-order chi connectivity index (χ1) is 12.1. The number of halogens is 2. The van der Waals surface area contributed by atoms with E-state index in [9.17, 15) is 8.78 Å². The zero-order valence-corrected chi connectivity index (χ0v) is 14.9. The van der Waals surface area contributed by atoms with Crippen LogP contribution in [0.15, 0.2) is 23.2 Å². The van der Waals surface area contributed by atoms with Crippen molar-refractivity contribution >= 4 is 5.96 Å². The Morgan fingerprint density at radius 2 is 2.04 bits per heavy atom. The van der Waals surface area contributed by atoms with Gasteiger partial charge in [-0.3, -0.25) is 4.99 Å². The average Bonchev–Trinajstić information content (AvgIpc) is 2.63. The van der Waals surface area contributed by atoms with Crippen molar-refractivity contribution in [2.24, 2.45) is 4.99 Å². The minimum absolute atomic E-state index is 0.296. The van der Waals surface area contributed by atoms with E-state index >= 15 is 0 Å². The van der Waals surface area contributed by atoms with Crippen molar-refractivity contribution in [3.63, 3.8) is 0 Å². The summed E-state index contributed by atoms with van der Waals surface area (Å²) in [5.41, 5.74) is 0.0519. The van der Waals surface area contributed by atoms with E-state index in [-0.39, 0.29) is 5.60 Å². The molecule has 0 amide bonds. The van der Waals surface area contributed by atoms with Gasteiger partial charge in [0.2, 0.25) is 0 Å². The SMILES string of the molecule is CCNC(=NCC1(OC)CCOCC1)NCCc1cc(F)ccc1F. The molecule has 1 aromatic carbocycles. The highest BCUT2D eigenvalue weighted by Crippen LogP contribution is 2.24. The summed E-state index contributed by atoms with van der Waals surface area (Å²) in [7, 11) is 1.70. The van der Waals surface area contributed by atoms with E-state index in [0.717, 1.165) is 25.0 Å². The van der Waals surface area contributed by atoms with Crippen LogP contribution in [0.2, 0.25) is 0 Å². The molecule has 0 bridgehead atoms. The predicted octanol–water partition coefficient (Wildman–Crippen LogP) is 2.26. The van der Waals surface area contributed by atoms with Gasteiger partial charge in [0, 0.05) is 46.3 Å². The molecule has 1 heterocycles. The number of benzene rings is 1. The average molecular weight is 355 g/mol. The molecule has 1 aliphatic rings. The fraction of sp³-hybridized carbons (Fsp3) is 0.611. The lowest BCUT2D eigenvalue weighted by molar-refractivity contribution is -0.0828. The summed E-state index contributed by atoms with van der Waals surface area (Å²) in [5.74, 6) is -0.188. The molecule has 25 heavy (non-hydrogen) atoms. The van der Waals surface area contributed by atoms with Crippen molar-refractivity contribution in [2.45, 2.75) is 31.8 Å². The smallest absolute Gasteiger partial charge is 0.191 e. The van der Waals surface area contributed by atoms with Crippen LogP contribution in [0.4, 0.5) is 8.78 Å². The van der Waals surface area contributed by atoms with Crippen molar-refractivity contribution in [2.75, 3.05) is 40.0 Å². The lowest BCUT2D eigenvalue weighted by atomic mass is 9.94. The first-order valence-corrected chi connectivity index (χ1v) is 8.67. The molecule has 2 N–H and O–H groups in total. The van der Waals surface area contributed by atoms with Crippen LogP contribution in [0, 0.1) is 11.6 Å². The van der Waals surface area contributed by atoms with E-state index in [2.05, 4.69) is 15.6 Å². The number of rotatable bonds is 7. The van der Waals surface area contributed by atoms with Crippen LogP contribution in [0.5, 0.6) is 0 Å². The van der Waals surface area contributed by atoms with Gasteiger partial charge in [0.05, 0.1) is 12.1 Å². The molecule has 1 aromatic rings. The maximum absolute atomic E-state index is 13.7. The second-order valence-electron chi connectivity index (χ2n) is 6.11. The molecular weight excluding hydrogens is 328 g/mol. The Kier molecular flexibility index (Phi) is 7.58. The van der Waals surface area contributed by atoms with Gasteiger partial charge in [-0.25, -0.2) is 8.78 Å². The van der Waals surface area contributed by atoms with Crippen LogP contribution in [-0.4, -0.2) is 51.5 Å². The van der Waals surface area contributed by atoms with Gasteiger partial charge in [0.15, 0.2) is 5.96 Å². The van der Waals surface area contributed by atoms with Gasteiger partial charge in [0.1, 0.15) is 11.6 Å². The Morgan fingerprint density at radius 1 is 1.28 bits per heavy atom. The van der Waals surface area contributed by atoms with Gasteiger partial charge in [-0.05, 0) is 37.1 Å². The molecule has 0 aliphatic carbocycles. The number of hydrogen-bond acceptors (Lipinski definition) is 3. The normalized spacial score (nSPS) is 17.4. The molecule has 0 aromatic heterocycles. The molecule has 0 unspecified atom stereocenters. The van der Waals surface area contributed by atoms with Crippen molar-refractivity contribution < 1.29 is 18.3 Å². The first-order valence-electron chi connectivity index (χ1n) is 8.67. The van der Waals surface area contributed by atoms with E-state index in [1.54, 1.807) is 7.11 Å². The second-order valence-corrected chi connectivity index (χ2v) is 6.11. The molecule has 5 nitrogen and oxygen atoms in total. The zero-order valence-electron chi connectivity index (χ0n) is 14.9. The summed E-state index contributed by atoms with van der Waals surface area (Å²) in [5, 5.41) is 6.32. The third-order valence-electron chi connectivity index (χ3n) is 4.40. The highest BCUT2D eigenvalue weighted by atomic mass is 19.1. The summed E-state index contributed by atoms with van der Waals surface area (Å²) in [6.45, 7) is 5.01. The minimum atomic E-state index is -0.432. The van der Waals surface area contributed by atoms with Crippen LogP contribution >= 0.6 is 0 Å². The number of guanidine groups is 1. The number of ether oxygens (including phenoxy) is 2. The number of nitrogens with one attached hydrogen (secondary N) is 2. The molecule has 140 valence electrons. The number of methoxy groups -OCH3 is 1. The number of nitrogens with zero attached hydrogens (tertiary/aromatic N) is 1. The topological polar surface area (TPSA) is 54.9 Å². The Labute approximate surface area is 147 Å². The zero-order chi connectivity index (χ0) is 18.1. The molecule has 1 aliphatic heterocycles. The highest BCUT2D eigenvalue weighted by Gasteiger charge is 2.32. The number of hydrogen-bond donors (Lipinski definition) is 2. The maximum Gasteiger partial charge on any atom is 0.191 e. The van der Waals surface area contributed by atoms with E-state index in [4.69, 9.17) is 9.47 Å². The second kappa shape index (κ2) is 9.68. The van der Waals surface area contributed by atoms with Gasteiger partial charge in [-0.1, -0.05) is 0 Å². The fourth-order valence-corrected chi connectivity index (χ4v) is 2.79. The monoisotopic (exact) mass is 355 g/mol. The molecule has 0 spiro atoms. The summed E-state index contributed by atoms with van der Waals surface area (Å²) in [6, 6.07) is 3.50. The van der Waals surface area contributed by atoms with Crippen LogP contribution in [0.25, 0.3) is 0 Å². The van der Waals surface area contributed by atoms with Gasteiger partial charge in [-0.15, -0.1) is 0 Å². The van der Waals surface area contributed by atoms with Gasteiger partial charge in [-0.2, -0.15) is 0 Å². The van der Waals surface area contributed by atoms with Crippen LogP contribution in [0.3, 0.4) is 0 Å². The third kappa shape index (κ3) is 5.93. The van der Waals surface area contributed by atoms with E-state index < -0.39 is 11.6 Å². The molecule has 1 saturated heterocycles. The van der Waals surface area contributed by atoms with E-state index in [1.165, 1.54) is 6.07 Å². The lowest BCUT2D eigenvalue weighted by Gasteiger charge is -2.34. The third-order valence-corrected chi connectivity index (χ3v) is 4.40. The van der Waals surface area contributed by atoms with Gasteiger partial charge >= 0.3 is 0 Å². The Hall–Kier alpha value is -1.73. The molecule has 0 radical (unpaired) electrons. The fourth-order valence-electron chi connectivity index (χ4n) is 2.79. The van der Waals surface area contributed by atoms with E-state index in [0.29, 0.717) is 50.8 Å². The summed E-state index contributed by atoms with van der Waals surface area (Å²) in [4.78, 5) is 4.60. The van der Waals surface area contributed by atoms with Crippen molar-refractivity contribution in [1.82, 2.24) is 10.6 Å². The van der Waals surface area contributed by atoms with Crippen LogP contribution in [0.1, 0.15) is 25.3 Å². The molecule has 0 saturated carbocycles. The minimum Gasteiger partial charge on any atom is -0.381 e. The Balaban J connectivity index is 1.92. The predicted molar refractivity (Wildman–Crippen MR) is 93.8 cm³/mol. The van der Waals surface area contributed by atoms with Crippen LogP contribution < -0.4 is 10.6 Å². The summed E-state index contributed by atoms with van der Waals surface area (Å²) < 4.78 is 37.9. The van der Waals surface area contributed by atoms with Gasteiger partial charge in [0.25, 0.3) is 0 Å². The summed E-state index contributed by atoms with van der Waals surface area (Å²) in [6.07, 6.45) is 1.99. The largest absolute Gasteiger partial charge is 0.381 e. The quantitative estimate of drug-likeness (QED) is 0.582. The standard InChI is InChI=1S/C18H27F2N3O2/c1-3-21-17(23-13-18(24-2)7-10-25-11-8-18)22-9-6-14-12-15(19)4-5-16(14)20/h4-5,12H,3,6-11,13H2,1-2H3,(H2,21,22,23). The van der Waals surface area contributed by atoms with Crippen LogP contribution in [-0.2, 0) is 15.9 Å². The molecule has 7 heteroatoms. The summed E-state index contributed by atoms with van der Waals surface area (Å²) >= 11 is 0. The lowest BCUT2D eigenvalue weighted by Crippen LogP contribution is -2.44. The van der Waals surface area contributed by atoms with Crippen molar-refractivity contribution in [3.8, 4) is 0 Å². The Bertz CT molecular complexity index is 575. The molecule has 2 rings (SSSR count). The molecular formula is C18H27F2N3O2.